The van der Waals surface area contributed by atoms with E-state index in [-0.39, 0.29) is 36.4 Å². The summed E-state index contributed by atoms with van der Waals surface area (Å²) in [5.41, 5.74) is 1.39. The van der Waals surface area contributed by atoms with Gasteiger partial charge in [0, 0.05) is 12.6 Å². The molecule has 2 rings (SSSR count). The quantitative estimate of drug-likeness (QED) is 0.894. The van der Waals surface area contributed by atoms with Crippen LogP contribution in [0.1, 0.15) is 39.2 Å². The summed E-state index contributed by atoms with van der Waals surface area (Å²) < 4.78 is 5.54. The smallest absolute Gasteiger partial charge is 0.258 e. The number of nitrogens with one attached hydrogen (secondary N) is 2. The molecule has 1 aliphatic rings. The van der Waals surface area contributed by atoms with Gasteiger partial charge in [-0.05, 0) is 42.5 Å². The number of hydrogen-bond donors (Lipinski definition) is 2. The van der Waals surface area contributed by atoms with Gasteiger partial charge < -0.3 is 15.4 Å². The Labute approximate surface area is 139 Å². The fourth-order valence-electron chi connectivity index (χ4n) is 2.44. The van der Waals surface area contributed by atoms with Crippen molar-refractivity contribution in [2.45, 2.75) is 45.1 Å². The second-order valence-electron chi connectivity index (χ2n) is 6.67. The average Bonchev–Trinajstić information content (AvgIpc) is 2.46. The number of piperidine rings is 1. The summed E-state index contributed by atoms with van der Waals surface area (Å²) >= 11 is 0. The van der Waals surface area contributed by atoms with Crippen LogP contribution in [0.4, 0.5) is 0 Å². The van der Waals surface area contributed by atoms with Crippen LogP contribution in [0.2, 0.25) is 0 Å². The minimum atomic E-state index is -0.0522. The van der Waals surface area contributed by atoms with Crippen molar-refractivity contribution in [3.8, 4) is 5.75 Å². The van der Waals surface area contributed by atoms with E-state index in [1.165, 1.54) is 5.56 Å². The molecule has 0 aliphatic carbocycles. The fourth-order valence-corrected chi connectivity index (χ4v) is 2.44. The van der Waals surface area contributed by atoms with Crippen molar-refractivity contribution in [1.29, 1.82) is 0 Å². The van der Waals surface area contributed by atoms with Crippen LogP contribution in [0, 0.1) is 0 Å². The lowest BCUT2D eigenvalue weighted by Crippen LogP contribution is -2.46. The molecule has 1 fully saturated rings. The maximum Gasteiger partial charge on any atom is 0.258 e. The third-order valence-electron chi connectivity index (χ3n) is 3.75. The highest BCUT2D eigenvalue weighted by Crippen LogP contribution is 2.24. The van der Waals surface area contributed by atoms with Gasteiger partial charge in [0.05, 0.1) is 0 Å². The Balaban J connectivity index is 0.00000242. The van der Waals surface area contributed by atoms with E-state index in [9.17, 15) is 4.79 Å². The number of benzene rings is 1. The molecular weight excluding hydrogens is 300 g/mol. The number of ether oxygens (including phenoxy) is 1. The van der Waals surface area contributed by atoms with Gasteiger partial charge in [-0.3, -0.25) is 4.79 Å². The zero-order valence-electron chi connectivity index (χ0n) is 13.6. The molecule has 0 spiro atoms. The Hall–Kier alpha value is -1.26. The first kappa shape index (κ1) is 18.8. The molecule has 124 valence electrons. The third-order valence-corrected chi connectivity index (χ3v) is 3.75. The van der Waals surface area contributed by atoms with Crippen LogP contribution in [-0.4, -0.2) is 31.6 Å². The number of hydrogen-bond acceptors (Lipinski definition) is 3. The number of carbonyl (C=O) groups is 1. The van der Waals surface area contributed by atoms with Gasteiger partial charge in [-0.25, -0.2) is 0 Å². The number of rotatable bonds is 4. The van der Waals surface area contributed by atoms with Crippen molar-refractivity contribution in [1.82, 2.24) is 10.6 Å². The monoisotopic (exact) mass is 326 g/mol. The minimum absolute atomic E-state index is 0. The van der Waals surface area contributed by atoms with Crippen LogP contribution >= 0.6 is 12.4 Å². The minimum Gasteiger partial charge on any atom is -0.484 e. The van der Waals surface area contributed by atoms with Gasteiger partial charge in [0.25, 0.3) is 5.91 Å². The van der Waals surface area contributed by atoms with Crippen LogP contribution < -0.4 is 15.4 Å². The molecule has 2 N–H and O–H groups in total. The Morgan fingerprint density at radius 3 is 2.55 bits per heavy atom. The van der Waals surface area contributed by atoms with Crippen molar-refractivity contribution in [3.63, 3.8) is 0 Å². The molecule has 1 aromatic carbocycles. The van der Waals surface area contributed by atoms with Gasteiger partial charge in [0.15, 0.2) is 6.61 Å². The maximum atomic E-state index is 11.8. The molecule has 1 saturated heterocycles. The molecule has 1 atom stereocenters. The Kier molecular flexibility index (Phi) is 7.17. The highest BCUT2D eigenvalue weighted by atomic mass is 35.5. The second-order valence-corrected chi connectivity index (χ2v) is 6.67. The molecule has 5 heteroatoms. The first-order valence-corrected chi connectivity index (χ1v) is 7.68. The summed E-state index contributed by atoms with van der Waals surface area (Å²) in [5.74, 6) is 0.684. The van der Waals surface area contributed by atoms with Gasteiger partial charge in [-0.2, -0.15) is 0 Å². The summed E-state index contributed by atoms with van der Waals surface area (Å²) in [6.07, 6.45) is 2.15. The van der Waals surface area contributed by atoms with Gasteiger partial charge in [0.1, 0.15) is 5.75 Å². The highest BCUT2D eigenvalue weighted by molar-refractivity contribution is 5.85. The normalized spacial score (nSPS) is 18.2. The predicted octanol–water partition coefficient (Wildman–Crippen LogP) is 2.65. The van der Waals surface area contributed by atoms with Gasteiger partial charge >= 0.3 is 0 Å². The molecule has 1 unspecified atom stereocenters. The molecule has 0 bridgehead atoms. The summed E-state index contributed by atoms with van der Waals surface area (Å²) in [4.78, 5) is 11.8. The first-order chi connectivity index (χ1) is 9.95. The van der Waals surface area contributed by atoms with E-state index in [0.29, 0.717) is 0 Å². The standard InChI is InChI=1S/C17H26N2O2.ClH/c1-17(2,3)13-6-8-15(9-7-13)21-12-16(20)19-14-5-4-10-18-11-14;/h6-9,14,18H,4-5,10-12H2,1-3H3,(H,19,20);1H. The molecular formula is C17H27ClN2O2. The Morgan fingerprint density at radius 1 is 1.32 bits per heavy atom. The lowest BCUT2D eigenvalue weighted by molar-refractivity contribution is -0.123. The van der Waals surface area contributed by atoms with Crippen LogP contribution in [0.25, 0.3) is 0 Å². The van der Waals surface area contributed by atoms with Crippen molar-refractivity contribution >= 4 is 18.3 Å². The fraction of sp³-hybridized carbons (Fsp3) is 0.588. The van der Waals surface area contributed by atoms with Crippen LogP contribution in [0.15, 0.2) is 24.3 Å². The highest BCUT2D eigenvalue weighted by Gasteiger charge is 2.16. The van der Waals surface area contributed by atoms with Crippen LogP contribution in [0.3, 0.4) is 0 Å². The van der Waals surface area contributed by atoms with Gasteiger partial charge in [0.2, 0.25) is 0 Å². The van der Waals surface area contributed by atoms with Crippen molar-refractivity contribution in [2.24, 2.45) is 0 Å². The third kappa shape index (κ3) is 5.85. The molecule has 0 saturated carbocycles. The molecule has 0 radical (unpaired) electrons. The van der Waals surface area contributed by atoms with Crippen LogP contribution in [0.5, 0.6) is 5.75 Å². The maximum absolute atomic E-state index is 11.8. The average molecular weight is 327 g/mol. The zero-order valence-corrected chi connectivity index (χ0v) is 14.5. The Morgan fingerprint density at radius 2 is 2.00 bits per heavy atom. The molecule has 1 aliphatic heterocycles. The number of amides is 1. The van der Waals surface area contributed by atoms with Crippen molar-refractivity contribution < 1.29 is 9.53 Å². The summed E-state index contributed by atoms with van der Waals surface area (Å²) in [5, 5.41) is 6.28. The van der Waals surface area contributed by atoms with Gasteiger partial charge in [-0.15, -0.1) is 12.4 Å². The lowest BCUT2D eigenvalue weighted by atomic mass is 9.87. The van der Waals surface area contributed by atoms with Gasteiger partial charge in [-0.1, -0.05) is 32.9 Å². The lowest BCUT2D eigenvalue weighted by Gasteiger charge is -2.23. The molecule has 22 heavy (non-hydrogen) atoms. The largest absolute Gasteiger partial charge is 0.484 e. The first-order valence-electron chi connectivity index (χ1n) is 7.68. The van der Waals surface area contributed by atoms with Crippen molar-refractivity contribution in [3.05, 3.63) is 29.8 Å². The molecule has 1 amide bonds. The topological polar surface area (TPSA) is 50.4 Å². The SMILES string of the molecule is CC(C)(C)c1ccc(OCC(=O)NC2CCCNC2)cc1.Cl. The van der Waals surface area contributed by atoms with E-state index >= 15 is 0 Å². The zero-order chi connectivity index (χ0) is 15.3. The van der Waals surface area contributed by atoms with E-state index in [2.05, 4.69) is 43.5 Å². The van der Waals surface area contributed by atoms with E-state index in [1.54, 1.807) is 0 Å². The van der Waals surface area contributed by atoms with E-state index in [0.717, 1.165) is 31.7 Å². The molecule has 1 heterocycles. The van der Waals surface area contributed by atoms with E-state index in [4.69, 9.17) is 4.74 Å². The molecule has 1 aromatic rings. The molecule has 0 aromatic heterocycles. The predicted molar refractivity (Wildman–Crippen MR) is 91.9 cm³/mol. The number of carbonyl (C=O) groups excluding carboxylic acids is 1. The number of halogens is 1. The van der Waals surface area contributed by atoms with E-state index < -0.39 is 0 Å². The van der Waals surface area contributed by atoms with Crippen molar-refractivity contribution in [2.75, 3.05) is 19.7 Å². The second kappa shape index (κ2) is 8.39. The summed E-state index contributed by atoms with van der Waals surface area (Å²) in [6, 6.07) is 8.20. The summed E-state index contributed by atoms with van der Waals surface area (Å²) in [7, 11) is 0. The van der Waals surface area contributed by atoms with E-state index in [1.807, 2.05) is 12.1 Å². The summed E-state index contributed by atoms with van der Waals surface area (Å²) in [6.45, 7) is 8.50. The van der Waals surface area contributed by atoms with Crippen LogP contribution in [-0.2, 0) is 10.2 Å². The molecule has 4 nitrogen and oxygen atoms in total. The Bertz CT molecular complexity index is 463.